The molecular formula is C10H14N2O4S. The maximum atomic E-state index is 11.4. The summed E-state index contributed by atoms with van der Waals surface area (Å²) in [5, 5.41) is 13.2. The largest absolute Gasteiger partial charge is 0.479 e. The van der Waals surface area contributed by atoms with E-state index in [-0.39, 0.29) is 0 Å². The zero-order chi connectivity index (χ0) is 13.1. The Bertz CT molecular complexity index is 397. The van der Waals surface area contributed by atoms with Gasteiger partial charge in [0.05, 0.1) is 0 Å². The Balaban J connectivity index is 2.69. The van der Waals surface area contributed by atoms with Crippen molar-refractivity contribution in [2.24, 2.45) is 0 Å². The van der Waals surface area contributed by atoms with Crippen LogP contribution in [-0.4, -0.2) is 27.8 Å². The Morgan fingerprint density at radius 1 is 1.53 bits per heavy atom. The van der Waals surface area contributed by atoms with Crippen molar-refractivity contribution in [3.8, 4) is 0 Å². The number of thiazole rings is 1. The van der Waals surface area contributed by atoms with Crippen molar-refractivity contribution < 1.29 is 19.4 Å². The number of hydrogen-bond acceptors (Lipinski definition) is 5. The van der Waals surface area contributed by atoms with Crippen molar-refractivity contribution in [1.29, 1.82) is 0 Å². The van der Waals surface area contributed by atoms with E-state index >= 15 is 0 Å². The zero-order valence-corrected chi connectivity index (χ0v) is 10.6. The van der Waals surface area contributed by atoms with Gasteiger partial charge in [-0.2, -0.15) is 0 Å². The van der Waals surface area contributed by atoms with Gasteiger partial charge in [-0.15, -0.1) is 11.3 Å². The topological polar surface area (TPSA) is 88.5 Å². The van der Waals surface area contributed by atoms with Gasteiger partial charge in [0, 0.05) is 11.6 Å². The molecule has 0 aliphatic heterocycles. The predicted molar refractivity (Wildman–Crippen MR) is 61.9 cm³/mol. The molecule has 0 radical (unpaired) electrons. The lowest BCUT2D eigenvalue weighted by molar-refractivity contribution is -0.139. The average Bonchev–Trinajstić information content (AvgIpc) is 2.63. The molecule has 1 aromatic heterocycles. The third-order valence-corrected chi connectivity index (χ3v) is 2.45. The minimum absolute atomic E-state index is 0.309. The summed E-state index contributed by atoms with van der Waals surface area (Å²) in [6.45, 7) is 5.10. The quantitative estimate of drug-likeness (QED) is 0.862. The smallest absolute Gasteiger partial charge is 0.408 e. The standard InChI is InChI=1S/C10H14N2O4S/c1-10(2,3)16-9(15)12-6(8(13)14)7-11-4-5-17-7/h4-6H,1-3H3,(H,12,15)(H,13,14). The molecule has 7 heteroatoms. The van der Waals surface area contributed by atoms with Crippen LogP contribution in [0.1, 0.15) is 31.8 Å². The maximum absolute atomic E-state index is 11.4. The number of carboxylic acids is 1. The van der Waals surface area contributed by atoms with Crippen molar-refractivity contribution in [2.75, 3.05) is 0 Å². The van der Waals surface area contributed by atoms with Gasteiger partial charge in [0.25, 0.3) is 0 Å². The Hall–Kier alpha value is -1.63. The molecule has 1 atom stereocenters. The van der Waals surface area contributed by atoms with E-state index in [1.165, 1.54) is 6.20 Å². The molecule has 0 aliphatic rings. The van der Waals surface area contributed by atoms with Gasteiger partial charge in [0.15, 0.2) is 6.04 Å². The van der Waals surface area contributed by atoms with Gasteiger partial charge in [0.2, 0.25) is 0 Å². The van der Waals surface area contributed by atoms with Crippen LogP contribution >= 0.6 is 11.3 Å². The van der Waals surface area contributed by atoms with Crippen molar-refractivity contribution in [3.63, 3.8) is 0 Å². The van der Waals surface area contributed by atoms with E-state index in [2.05, 4.69) is 10.3 Å². The van der Waals surface area contributed by atoms with E-state index in [1.807, 2.05) is 0 Å². The van der Waals surface area contributed by atoms with Crippen molar-refractivity contribution >= 4 is 23.4 Å². The average molecular weight is 258 g/mol. The van der Waals surface area contributed by atoms with E-state index in [4.69, 9.17) is 9.84 Å². The lowest BCUT2D eigenvalue weighted by Gasteiger charge is -2.21. The van der Waals surface area contributed by atoms with E-state index in [0.29, 0.717) is 5.01 Å². The lowest BCUT2D eigenvalue weighted by Crippen LogP contribution is -2.38. The molecule has 0 aliphatic carbocycles. The molecule has 94 valence electrons. The summed E-state index contributed by atoms with van der Waals surface area (Å²) in [5.41, 5.74) is -0.671. The first kappa shape index (κ1) is 13.4. The molecule has 1 rings (SSSR count). The first-order chi connectivity index (χ1) is 7.79. The fraction of sp³-hybridized carbons (Fsp3) is 0.500. The van der Waals surface area contributed by atoms with Crippen LogP contribution in [0.3, 0.4) is 0 Å². The van der Waals surface area contributed by atoms with Crippen molar-refractivity contribution in [2.45, 2.75) is 32.4 Å². The maximum Gasteiger partial charge on any atom is 0.408 e. The monoisotopic (exact) mass is 258 g/mol. The zero-order valence-electron chi connectivity index (χ0n) is 9.76. The molecule has 0 saturated heterocycles. The molecule has 1 heterocycles. The Morgan fingerprint density at radius 3 is 2.59 bits per heavy atom. The lowest BCUT2D eigenvalue weighted by atomic mass is 10.2. The number of alkyl carbamates (subject to hydrolysis) is 1. The number of nitrogens with zero attached hydrogens (tertiary/aromatic N) is 1. The van der Waals surface area contributed by atoms with Gasteiger partial charge in [-0.1, -0.05) is 0 Å². The van der Waals surface area contributed by atoms with Gasteiger partial charge >= 0.3 is 12.1 Å². The second kappa shape index (κ2) is 5.13. The van der Waals surface area contributed by atoms with Crippen LogP contribution in [0.25, 0.3) is 0 Å². The Kier molecular flexibility index (Phi) is 4.06. The van der Waals surface area contributed by atoms with E-state index in [0.717, 1.165) is 11.3 Å². The fourth-order valence-electron chi connectivity index (χ4n) is 1.03. The molecule has 0 aromatic carbocycles. The molecule has 0 saturated carbocycles. The number of amides is 1. The Morgan fingerprint density at radius 2 is 2.18 bits per heavy atom. The van der Waals surface area contributed by atoms with Gasteiger partial charge in [-0.3, -0.25) is 0 Å². The number of nitrogens with one attached hydrogen (secondary N) is 1. The van der Waals surface area contributed by atoms with Crippen LogP contribution in [0.5, 0.6) is 0 Å². The summed E-state index contributed by atoms with van der Waals surface area (Å²) in [5.74, 6) is -1.18. The molecule has 1 amide bonds. The van der Waals surface area contributed by atoms with Crippen LogP contribution < -0.4 is 5.32 Å². The minimum atomic E-state index is -1.18. The fourth-order valence-corrected chi connectivity index (χ4v) is 1.71. The highest BCUT2D eigenvalue weighted by molar-refractivity contribution is 7.09. The first-order valence-corrected chi connectivity index (χ1v) is 5.79. The second-order valence-corrected chi connectivity index (χ2v) is 5.21. The highest BCUT2D eigenvalue weighted by Gasteiger charge is 2.27. The molecule has 17 heavy (non-hydrogen) atoms. The van der Waals surface area contributed by atoms with E-state index in [1.54, 1.807) is 26.2 Å². The van der Waals surface area contributed by atoms with E-state index in [9.17, 15) is 9.59 Å². The van der Waals surface area contributed by atoms with Crippen molar-refractivity contribution in [3.05, 3.63) is 16.6 Å². The number of carbonyl (C=O) groups excluding carboxylic acids is 1. The molecule has 0 spiro atoms. The van der Waals surface area contributed by atoms with Crippen LogP contribution in [-0.2, 0) is 9.53 Å². The van der Waals surface area contributed by atoms with Crippen LogP contribution in [0.15, 0.2) is 11.6 Å². The number of carbonyl (C=O) groups is 2. The van der Waals surface area contributed by atoms with E-state index < -0.39 is 23.7 Å². The highest BCUT2D eigenvalue weighted by atomic mass is 32.1. The molecule has 0 fully saturated rings. The third kappa shape index (κ3) is 4.39. The normalized spacial score (nSPS) is 12.9. The predicted octanol–water partition coefficient (Wildman–Crippen LogP) is 1.79. The number of aliphatic carboxylic acids is 1. The summed E-state index contributed by atoms with van der Waals surface area (Å²) in [4.78, 5) is 26.3. The molecule has 2 N–H and O–H groups in total. The van der Waals surface area contributed by atoms with Crippen LogP contribution in [0.4, 0.5) is 4.79 Å². The van der Waals surface area contributed by atoms with Gasteiger partial charge < -0.3 is 15.2 Å². The second-order valence-electron chi connectivity index (χ2n) is 4.29. The minimum Gasteiger partial charge on any atom is -0.479 e. The SMILES string of the molecule is CC(C)(C)OC(=O)NC(C(=O)O)c1nccs1. The van der Waals surface area contributed by atoms with Gasteiger partial charge in [-0.25, -0.2) is 14.6 Å². The number of rotatable bonds is 3. The Labute approximate surface area is 103 Å². The number of aromatic nitrogens is 1. The van der Waals surface area contributed by atoms with Crippen molar-refractivity contribution in [1.82, 2.24) is 10.3 Å². The van der Waals surface area contributed by atoms with Crippen LogP contribution in [0, 0.1) is 0 Å². The number of ether oxygens (including phenoxy) is 1. The number of hydrogen-bond donors (Lipinski definition) is 2. The van der Waals surface area contributed by atoms with Gasteiger partial charge in [0.1, 0.15) is 10.6 Å². The molecular weight excluding hydrogens is 244 g/mol. The summed E-state index contributed by atoms with van der Waals surface area (Å²) < 4.78 is 4.98. The third-order valence-electron chi connectivity index (χ3n) is 1.61. The molecule has 6 nitrogen and oxygen atoms in total. The molecule has 0 bridgehead atoms. The highest BCUT2D eigenvalue weighted by Crippen LogP contribution is 2.17. The molecule has 1 unspecified atom stereocenters. The summed E-state index contributed by atoms with van der Waals surface area (Å²) in [6, 6.07) is -1.18. The van der Waals surface area contributed by atoms with Gasteiger partial charge in [-0.05, 0) is 20.8 Å². The summed E-state index contributed by atoms with van der Waals surface area (Å²) in [7, 11) is 0. The van der Waals surface area contributed by atoms with Crippen LogP contribution in [0.2, 0.25) is 0 Å². The summed E-state index contributed by atoms with van der Waals surface area (Å²) >= 11 is 1.16. The first-order valence-electron chi connectivity index (χ1n) is 4.91. The number of carboxylic acid groups (broad SMARTS) is 1. The summed E-state index contributed by atoms with van der Waals surface area (Å²) in [6.07, 6.45) is 0.701. The molecule has 1 aromatic rings.